The molecule has 0 unspecified atom stereocenters. The highest BCUT2D eigenvalue weighted by Gasteiger charge is 2.21. The molecular formula is C20H22N4O2. The lowest BCUT2D eigenvalue weighted by atomic mass is 10.0. The quantitative estimate of drug-likeness (QED) is 0.765. The van der Waals surface area contributed by atoms with Crippen molar-refractivity contribution >= 4 is 16.6 Å². The molecule has 6 nitrogen and oxygen atoms in total. The zero-order valence-electron chi connectivity index (χ0n) is 14.8. The number of rotatable bonds is 5. The molecule has 0 radical (unpaired) electrons. The van der Waals surface area contributed by atoms with E-state index in [1.807, 2.05) is 24.5 Å². The monoisotopic (exact) mass is 350 g/mol. The van der Waals surface area contributed by atoms with Crippen molar-refractivity contribution in [1.29, 1.82) is 0 Å². The maximum absolute atomic E-state index is 12.5. The Kier molecular flexibility index (Phi) is 4.77. The molecule has 0 amide bonds. The molecule has 0 aliphatic carbocycles. The van der Waals surface area contributed by atoms with Crippen LogP contribution in [0, 0.1) is 0 Å². The number of carbonyl (C=O) groups excluding carboxylic acids is 1. The smallest absolute Gasteiger partial charge is 0.152 e. The van der Waals surface area contributed by atoms with E-state index in [1.165, 1.54) is 0 Å². The van der Waals surface area contributed by atoms with Gasteiger partial charge in [-0.15, -0.1) is 0 Å². The first-order valence-electron chi connectivity index (χ1n) is 8.90. The molecule has 3 aromatic rings. The average molecular weight is 350 g/mol. The SMILES string of the molecule is C[C@H]1COCCN1CC(=O)Cc1cc2cc(-c3cn[nH]c3)ccc2cn1. The van der Waals surface area contributed by atoms with Crippen LogP contribution in [0.2, 0.25) is 0 Å². The largest absolute Gasteiger partial charge is 0.379 e. The van der Waals surface area contributed by atoms with Gasteiger partial charge in [-0.3, -0.25) is 19.8 Å². The van der Waals surface area contributed by atoms with E-state index in [4.69, 9.17) is 4.74 Å². The highest BCUT2D eigenvalue weighted by molar-refractivity contribution is 5.88. The molecule has 1 atom stereocenters. The van der Waals surface area contributed by atoms with Crippen LogP contribution in [0.25, 0.3) is 21.9 Å². The Labute approximate surface area is 152 Å². The van der Waals surface area contributed by atoms with Gasteiger partial charge in [-0.1, -0.05) is 12.1 Å². The molecule has 0 saturated carbocycles. The first kappa shape index (κ1) is 16.9. The van der Waals surface area contributed by atoms with Gasteiger partial charge in [0.2, 0.25) is 0 Å². The number of H-pyrrole nitrogens is 1. The number of aromatic amines is 1. The summed E-state index contributed by atoms with van der Waals surface area (Å²) in [6.45, 7) is 4.75. The van der Waals surface area contributed by atoms with Crippen molar-refractivity contribution in [3.05, 3.63) is 48.5 Å². The third-order valence-electron chi connectivity index (χ3n) is 4.87. The van der Waals surface area contributed by atoms with Gasteiger partial charge >= 0.3 is 0 Å². The first-order chi connectivity index (χ1) is 12.7. The van der Waals surface area contributed by atoms with Crippen molar-refractivity contribution < 1.29 is 9.53 Å². The van der Waals surface area contributed by atoms with Crippen LogP contribution in [0.1, 0.15) is 12.6 Å². The van der Waals surface area contributed by atoms with Crippen LogP contribution in [-0.4, -0.2) is 58.2 Å². The second-order valence-corrected chi connectivity index (χ2v) is 6.83. The van der Waals surface area contributed by atoms with Crippen molar-refractivity contribution in [2.75, 3.05) is 26.3 Å². The van der Waals surface area contributed by atoms with Crippen LogP contribution in [0.4, 0.5) is 0 Å². The third-order valence-corrected chi connectivity index (χ3v) is 4.87. The van der Waals surface area contributed by atoms with Crippen LogP contribution < -0.4 is 0 Å². The summed E-state index contributed by atoms with van der Waals surface area (Å²) >= 11 is 0. The van der Waals surface area contributed by atoms with Gasteiger partial charge in [0, 0.05) is 41.6 Å². The van der Waals surface area contributed by atoms with Gasteiger partial charge in [0.05, 0.1) is 32.4 Å². The summed E-state index contributed by atoms with van der Waals surface area (Å²) < 4.78 is 5.43. The van der Waals surface area contributed by atoms with E-state index in [2.05, 4.69) is 39.1 Å². The van der Waals surface area contributed by atoms with E-state index in [-0.39, 0.29) is 11.8 Å². The van der Waals surface area contributed by atoms with Crippen molar-refractivity contribution in [3.8, 4) is 11.1 Å². The molecule has 1 fully saturated rings. The molecule has 1 aliphatic heterocycles. The predicted molar refractivity (Wildman–Crippen MR) is 99.9 cm³/mol. The second kappa shape index (κ2) is 7.35. The van der Waals surface area contributed by atoms with Gasteiger partial charge in [0.1, 0.15) is 0 Å². The fraction of sp³-hybridized carbons (Fsp3) is 0.350. The standard InChI is InChI=1S/C20H22N4O2/c1-14-13-26-5-4-24(14)12-20(25)8-19-7-17-6-15(18-10-22-23-11-18)2-3-16(17)9-21-19/h2-3,6-7,9-11,14H,4-5,8,12-13H2,1H3,(H,22,23)/t14-/m0/s1. The molecule has 1 N–H and O–H groups in total. The minimum absolute atomic E-state index is 0.191. The predicted octanol–water partition coefficient (Wildman–Crippen LogP) is 2.46. The molecule has 6 heteroatoms. The van der Waals surface area contributed by atoms with E-state index >= 15 is 0 Å². The van der Waals surface area contributed by atoms with Gasteiger partial charge in [-0.25, -0.2) is 0 Å². The number of Topliss-reactive ketones (excluding diaryl/α,β-unsaturated/α-hetero) is 1. The maximum atomic E-state index is 12.5. The molecular weight excluding hydrogens is 328 g/mol. The molecule has 1 saturated heterocycles. The number of nitrogens with one attached hydrogen (secondary N) is 1. The normalized spacial score (nSPS) is 18.3. The lowest BCUT2D eigenvalue weighted by Crippen LogP contribution is -2.46. The van der Waals surface area contributed by atoms with Crippen LogP contribution in [-0.2, 0) is 16.0 Å². The molecule has 134 valence electrons. The Bertz CT molecular complexity index is 907. The van der Waals surface area contributed by atoms with Crippen molar-refractivity contribution in [2.45, 2.75) is 19.4 Å². The van der Waals surface area contributed by atoms with Gasteiger partial charge in [-0.05, 0) is 30.0 Å². The second-order valence-electron chi connectivity index (χ2n) is 6.83. The molecule has 4 rings (SSSR count). The summed E-state index contributed by atoms with van der Waals surface area (Å²) in [7, 11) is 0. The number of hydrogen-bond acceptors (Lipinski definition) is 5. The van der Waals surface area contributed by atoms with Gasteiger partial charge < -0.3 is 4.74 Å². The number of aromatic nitrogens is 3. The highest BCUT2D eigenvalue weighted by atomic mass is 16.5. The minimum Gasteiger partial charge on any atom is -0.379 e. The summed E-state index contributed by atoms with van der Waals surface area (Å²) in [6.07, 6.45) is 5.87. The molecule has 0 bridgehead atoms. The number of carbonyl (C=O) groups is 1. The van der Waals surface area contributed by atoms with Crippen molar-refractivity contribution in [1.82, 2.24) is 20.1 Å². The summed E-state index contributed by atoms with van der Waals surface area (Å²) in [4.78, 5) is 19.1. The average Bonchev–Trinajstić information content (AvgIpc) is 3.18. The number of nitrogens with zero attached hydrogens (tertiary/aromatic N) is 3. The maximum Gasteiger partial charge on any atom is 0.152 e. The zero-order valence-corrected chi connectivity index (χ0v) is 14.8. The van der Waals surface area contributed by atoms with Gasteiger partial charge in [0.25, 0.3) is 0 Å². The Hall–Kier alpha value is -2.57. The summed E-state index contributed by atoms with van der Waals surface area (Å²) in [5.74, 6) is 0.191. The number of ketones is 1. The number of benzene rings is 1. The van der Waals surface area contributed by atoms with E-state index in [1.54, 1.807) is 6.20 Å². The third kappa shape index (κ3) is 3.66. The van der Waals surface area contributed by atoms with Gasteiger partial charge in [-0.2, -0.15) is 5.10 Å². The van der Waals surface area contributed by atoms with Gasteiger partial charge in [0.15, 0.2) is 5.78 Å². The summed E-state index contributed by atoms with van der Waals surface area (Å²) in [6, 6.07) is 8.51. The summed E-state index contributed by atoms with van der Waals surface area (Å²) in [5.41, 5.74) is 2.95. The number of morpholine rings is 1. The van der Waals surface area contributed by atoms with Crippen LogP contribution in [0.3, 0.4) is 0 Å². The van der Waals surface area contributed by atoms with E-state index in [9.17, 15) is 4.79 Å². The van der Waals surface area contributed by atoms with E-state index in [0.717, 1.165) is 34.1 Å². The van der Waals surface area contributed by atoms with Crippen LogP contribution in [0.15, 0.2) is 42.9 Å². The van der Waals surface area contributed by atoms with Crippen molar-refractivity contribution in [2.24, 2.45) is 0 Å². The van der Waals surface area contributed by atoms with E-state index < -0.39 is 0 Å². The zero-order chi connectivity index (χ0) is 17.9. The Morgan fingerprint density at radius 3 is 3.00 bits per heavy atom. The molecule has 3 heterocycles. The Morgan fingerprint density at radius 2 is 2.19 bits per heavy atom. The Balaban J connectivity index is 1.50. The fourth-order valence-electron chi connectivity index (χ4n) is 3.35. The van der Waals surface area contributed by atoms with Crippen molar-refractivity contribution in [3.63, 3.8) is 0 Å². The number of hydrogen-bond donors (Lipinski definition) is 1. The van der Waals surface area contributed by atoms with E-state index in [0.29, 0.717) is 26.2 Å². The lowest BCUT2D eigenvalue weighted by molar-refractivity contribution is -0.121. The molecule has 26 heavy (non-hydrogen) atoms. The fourth-order valence-corrected chi connectivity index (χ4v) is 3.35. The topological polar surface area (TPSA) is 71.1 Å². The number of fused-ring (bicyclic) bond motifs is 1. The summed E-state index contributed by atoms with van der Waals surface area (Å²) in [5, 5.41) is 8.99. The molecule has 1 aromatic carbocycles. The first-order valence-corrected chi connectivity index (χ1v) is 8.90. The minimum atomic E-state index is 0.191. The molecule has 2 aromatic heterocycles. The lowest BCUT2D eigenvalue weighted by Gasteiger charge is -2.32. The molecule has 1 aliphatic rings. The number of pyridine rings is 1. The highest BCUT2D eigenvalue weighted by Crippen LogP contribution is 2.24. The number of ether oxygens (including phenoxy) is 1. The van der Waals surface area contributed by atoms with Crippen LogP contribution in [0.5, 0.6) is 0 Å². The Morgan fingerprint density at radius 1 is 1.27 bits per heavy atom. The molecule has 0 spiro atoms. The van der Waals surface area contributed by atoms with Crippen LogP contribution >= 0.6 is 0 Å².